The van der Waals surface area contributed by atoms with Gasteiger partial charge in [0.2, 0.25) is 0 Å². The first kappa shape index (κ1) is 76.7. The van der Waals surface area contributed by atoms with Gasteiger partial charge >= 0.3 is 23.9 Å². The molecule has 12 nitrogen and oxygen atoms in total. The molecule has 1 rings (SSSR count). The number of carboxylic acids is 1. The minimum atomic E-state index is -1.91. The van der Waals surface area contributed by atoms with Crippen molar-refractivity contribution in [3.05, 3.63) is 97.2 Å². The monoisotopic (exact) mass is 1160 g/mol. The van der Waals surface area contributed by atoms with Gasteiger partial charge in [0.1, 0.15) is 18.8 Å². The van der Waals surface area contributed by atoms with E-state index in [1.807, 2.05) is 0 Å². The second-order valence-electron chi connectivity index (χ2n) is 22.4. The van der Waals surface area contributed by atoms with E-state index in [1.54, 1.807) is 0 Å². The smallest absolute Gasteiger partial charge is 0.335 e. The van der Waals surface area contributed by atoms with Crippen LogP contribution in [0.2, 0.25) is 0 Å². The number of rotatable bonds is 56. The lowest BCUT2D eigenvalue weighted by molar-refractivity contribution is -0.301. The van der Waals surface area contributed by atoms with Gasteiger partial charge in [-0.15, -0.1) is 0 Å². The molecule has 1 fully saturated rings. The molecule has 1 aliphatic heterocycles. The normalized spacial score (nSPS) is 18.2. The average Bonchev–Trinajstić information content (AvgIpc) is 3.58. The van der Waals surface area contributed by atoms with Crippen molar-refractivity contribution in [1.82, 2.24) is 0 Å². The van der Waals surface area contributed by atoms with Crippen LogP contribution in [0.1, 0.15) is 278 Å². The first-order valence-corrected chi connectivity index (χ1v) is 33.2. The molecule has 0 amide bonds. The molecule has 1 saturated heterocycles. The molecule has 0 aliphatic carbocycles. The molecule has 0 bridgehead atoms. The molecule has 0 saturated carbocycles. The molecule has 12 heteroatoms. The van der Waals surface area contributed by atoms with Crippen molar-refractivity contribution in [3.8, 4) is 0 Å². The summed E-state index contributed by atoms with van der Waals surface area (Å²) in [6, 6.07) is 0. The number of ether oxygens (including phenoxy) is 5. The molecule has 0 aromatic carbocycles. The van der Waals surface area contributed by atoms with E-state index in [0.717, 1.165) is 154 Å². The summed E-state index contributed by atoms with van der Waals surface area (Å²) in [5.74, 6) is -3.16. The van der Waals surface area contributed by atoms with Gasteiger partial charge in [-0.25, -0.2) is 4.79 Å². The van der Waals surface area contributed by atoms with Gasteiger partial charge in [-0.05, 0) is 122 Å². The number of carboxylic acid groups (broad SMARTS) is 1. The highest BCUT2D eigenvalue weighted by molar-refractivity contribution is 5.74. The Morgan fingerprint density at radius 3 is 1.19 bits per heavy atom. The van der Waals surface area contributed by atoms with Gasteiger partial charge < -0.3 is 39.0 Å². The van der Waals surface area contributed by atoms with Crippen LogP contribution in [0.15, 0.2) is 97.2 Å². The number of unbranched alkanes of at least 4 members (excludes halogenated alkanes) is 26. The number of hydrogen-bond donors (Lipinski definition) is 3. The standard InChI is InChI=1S/C71H118O12/c1-4-7-10-13-16-19-22-25-28-30-32-34-37-39-42-45-48-51-54-57-63(72)79-60-62(81-64(73)58-55-52-49-46-43-41-38-35-33-31-29-26-23-20-17-14-11-8-5-2)61-80-71-69(67(76)66(75)68(83-71)70(77)78)82-65(74)59-56-53-50-47-44-40-36-27-24-21-18-15-12-9-6-3/h7,10,16-17,19-20,25-29,32-36,62,66-69,71,75-76H,4-6,8-9,11-15,18,21-24,30-31,37-61H2,1-3H3,(H,77,78)/b10-7-,19-16-,20-17-,28-25-,29-26-,34-32-,35-33-,36-27-. The Hall–Kier alpha value is -4.36. The van der Waals surface area contributed by atoms with E-state index in [2.05, 4.69) is 118 Å². The van der Waals surface area contributed by atoms with Gasteiger partial charge in [0.05, 0.1) is 6.61 Å². The summed E-state index contributed by atoms with van der Waals surface area (Å²) in [7, 11) is 0. The van der Waals surface area contributed by atoms with Gasteiger partial charge in [0, 0.05) is 19.3 Å². The zero-order chi connectivity index (χ0) is 60.3. The molecule has 0 aromatic rings. The number of carbonyl (C=O) groups is 4. The van der Waals surface area contributed by atoms with Gasteiger partial charge in [-0.2, -0.15) is 0 Å². The Bertz CT molecular complexity index is 1810. The second kappa shape index (κ2) is 58.0. The van der Waals surface area contributed by atoms with Crippen LogP contribution in [0.3, 0.4) is 0 Å². The third-order valence-corrected chi connectivity index (χ3v) is 14.6. The lowest BCUT2D eigenvalue weighted by atomic mass is 9.98. The number of aliphatic carboxylic acids is 1. The highest BCUT2D eigenvalue weighted by Gasteiger charge is 2.50. The van der Waals surface area contributed by atoms with Gasteiger partial charge in [0.25, 0.3) is 0 Å². The second-order valence-corrected chi connectivity index (χ2v) is 22.4. The van der Waals surface area contributed by atoms with Crippen molar-refractivity contribution >= 4 is 23.9 Å². The fourth-order valence-electron chi connectivity index (χ4n) is 9.54. The minimum Gasteiger partial charge on any atom is -0.479 e. The van der Waals surface area contributed by atoms with Crippen LogP contribution in [-0.4, -0.2) is 89.2 Å². The summed E-state index contributed by atoms with van der Waals surface area (Å²) in [6.07, 6.45) is 65.0. The SMILES string of the molecule is CC/C=C\C/C=C\C/C=C\C/C=C\CCCCCCCCC(=O)OCC(COC1OC(C(=O)O)C(O)C(O)C1OC(=O)CCCCCCC/C=C\CCCCCCCC)OC(=O)CCCCCCCC/C=C\C/C=C\C/C=C\CCCCC. The number of carbonyl (C=O) groups excluding carboxylic acids is 3. The van der Waals surface area contributed by atoms with E-state index in [4.69, 9.17) is 23.7 Å². The summed E-state index contributed by atoms with van der Waals surface area (Å²) in [4.78, 5) is 51.4. The van der Waals surface area contributed by atoms with Crippen LogP contribution >= 0.6 is 0 Å². The van der Waals surface area contributed by atoms with Crippen molar-refractivity contribution in [3.63, 3.8) is 0 Å². The number of aliphatic hydroxyl groups is 2. The summed E-state index contributed by atoms with van der Waals surface area (Å²) >= 11 is 0. The zero-order valence-electron chi connectivity index (χ0n) is 52.4. The Labute approximate surface area is 504 Å². The quantitative estimate of drug-likeness (QED) is 0.0228. The summed E-state index contributed by atoms with van der Waals surface area (Å²) in [5, 5.41) is 31.6. The molecule has 0 spiro atoms. The van der Waals surface area contributed by atoms with Crippen LogP contribution in [-0.2, 0) is 42.9 Å². The van der Waals surface area contributed by atoms with Crippen LogP contribution in [0.4, 0.5) is 0 Å². The van der Waals surface area contributed by atoms with Gasteiger partial charge in [0.15, 0.2) is 24.6 Å². The van der Waals surface area contributed by atoms with Crippen LogP contribution in [0.25, 0.3) is 0 Å². The lowest BCUT2D eigenvalue weighted by Crippen LogP contribution is -2.61. The van der Waals surface area contributed by atoms with E-state index < -0.39 is 67.3 Å². The Balaban J connectivity index is 2.68. The van der Waals surface area contributed by atoms with E-state index in [-0.39, 0.29) is 25.9 Å². The van der Waals surface area contributed by atoms with Crippen LogP contribution in [0, 0.1) is 0 Å². The molecule has 3 N–H and O–H groups in total. The summed E-state index contributed by atoms with van der Waals surface area (Å²) in [6.45, 7) is 5.85. The van der Waals surface area contributed by atoms with E-state index in [1.165, 1.54) is 64.2 Å². The molecule has 6 atom stereocenters. The maximum atomic E-state index is 13.2. The molecule has 474 valence electrons. The summed E-state index contributed by atoms with van der Waals surface area (Å²) in [5.41, 5.74) is 0. The Kier molecular flexibility index (Phi) is 53.6. The number of aliphatic hydroxyl groups excluding tert-OH is 2. The fourth-order valence-corrected chi connectivity index (χ4v) is 9.54. The average molecular weight is 1160 g/mol. The van der Waals surface area contributed by atoms with Crippen LogP contribution < -0.4 is 0 Å². The maximum absolute atomic E-state index is 13.2. The largest absolute Gasteiger partial charge is 0.479 e. The first-order valence-electron chi connectivity index (χ1n) is 33.2. The maximum Gasteiger partial charge on any atom is 0.335 e. The van der Waals surface area contributed by atoms with Crippen molar-refractivity contribution in [2.45, 2.75) is 314 Å². The van der Waals surface area contributed by atoms with Crippen molar-refractivity contribution in [2.75, 3.05) is 13.2 Å². The zero-order valence-corrected chi connectivity index (χ0v) is 52.4. The van der Waals surface area contributed by atoms with Gasteiger partial charge in [-0.3, -0.25) is 14.4 Å². The summed E-state index contributed by atoms with van der Waals surface area (Å²) < 4.78 is 28.5. The third-order valence-electron chi connectivity index (χ3n) is 14.6. The highest BCUT2D eigenvalue weighted by Crippen LogP contribution is 2.26. The molecule has 1 heterocycles. The third kappa shape index (κ3) is 47.6. The topological polar surface area (TPSA) is 175 Å². The first-order chi connectivity index (χ1) is 40.6. The van der Waals surface area contributed by atoms with Crippen molar-refractivity contribution in [2.24, 2.45) is 0 Å². The Morgan fingerprint density at radius 1 is 0.410 bits per heavy atom. The number of esters is 3. The van der Waals surface area contributed by atoms with Crippen molar-refractivity contribution in [1.29, 1.82) is 0 Å². The van der Waals surface area contributed by atoms with Crippen LogP contribution in [0.5, 0.6) is 0 Å². The number of allylic oxidation sites excluding steroid dienone is 16. The van der Waals surface area contributed by atoms with E-state index in [0.29, 0.717) is 19.3 Å². The molecule has 83 heavy (non-hydrogen) atoms. The fraction of sp³-hybridized carbons (Fsp3) is 0.718. The Morgan fingerprint density at radius 2 is 0.759 bits per heavy atom. The molecule has 0 aromatic heterocycles. The van der Waals surface area contributed by atoms with E-state index in [9.17, 15) is 34.5 Å². The lowest BCUT2D eigenvalue weighted by Gasteiger charge is -2.40. The molecule has 0 radical (unpaired) electrons. The predicted octanol–water partition coefficient (Wildman–Crippen LogP) is 18.0. The van der Waals surface area contributed by atoms with E-state index >= 15 is 0 Å². The van der Waals surface area contributed by atoms with Gasteiger partial charge in [-0.1, -0.05) is 234 Å². The molecular weight excluding hydrogens is 1040 g/mol. The predicted molar refractivity (Wildman–Crippen MR) is 340 cm³/mol. The highest BCUT2D eigenvalue weighted by atomic mass is 16.7. The molecule has 1 aliphatic rings. The van der Waals surface area contributed by atoms with Crippen molar-refractivity contribution < 1.29 is 58.2 Å². The molecule has 6 unspecified atom stereocenters. The molecular formula is C71H118O12. The number of hydrogen-bond acceptors (Lipinski definition) is 11. The minimum absolute atomic E-state index is 0.0443.